The molecule has 34 heavy (non-hydrogen) atoms. The van der Waals surface area contributed by atoms with Gasteiger partial charge in [-0.25, -0.2) is 0 Å². The fraction of sp³-hybridized carbons (Fsp3) is 0.118. The van der Waals surface area contributed by atoms with E-state index in [1.165, 1.54) is 66.8 Å². The zero-order valence-corrected chi connectivity index (χ0v) is 19.2. The number of benzene rings is 5. The third-order valence-corrected chi connectivity index (χ3v) is 7.70. The van der Waals surface area contributed by atoms with E-state index in [0.717, 1.165) is 25.7 Å². The van der Waals surface area contributed by atoms with Gasteiger partial charge in [-0.1, -0.05) is 109 Å². The number of rotatable bonds is 2. The highest BCUT2D eigenvalue weighted by atomic mass is 14.2. The van der Waals surface area contributed by atoms with Gasteiger partial charge in [0.15, 0.2) is 0 Å². The van der Waals surface area contributed by atoms with Gasteiger partial charge in [-0.15, -0.1) is 0 Å². The minimum atomic E-state index is 1.12. The zero-order chi connectivity index (χ0) is 22.5. The minimum absolute atomic E-state index is 1.12. The highest BCUT2D eigenvalue weighted by molar-refractivity contribution is 5.80. The Bertz CT molecular complexity index is 1420. The summed E-state index contributed by atoms with van der Waals surface area (Å²) in [7, 11) is 0. The molecule has 5 aromatic rings. The Morgan fingerprint density at radius 3 is 1.12 bits per heavy atom. The second-order valence-electron chi connectivity index (χ2n) is 9.64. The first kappa shape index (κ1) is 19.6. The lowest BCUT2D eigenvalue weighted by molar-refractivity contribution is 0.942. The molecular weight excluding hydrogens is 408 g/mol. The summed E-state index contributed by atoms with van der Waals surface area (Å²) in [6, 6.07) is 40.8. The summed E-state index contributed by atoms with van der Waals surface area (Å²) in [5.41, 5.74) is 16.7. The molecule has 7 rings (SSSR count). The number of hydrogen-bond acceptors (Lipinski definition) is 0. The Hall–Kier alpha value is -3.90. The fourth-order valence-electron chi connectivity index (χ4n) is 5.88. The number of aryl methyl sites for hydroxylation is 4. The summed E-state index contributed by atoms with van der Waals surface area (Å²) in [5, 5.41) is 0. The molecule has 0 amide bonds. The predicted octanol–water partition coefficient (Wildman–Crippen LogP) is 8.55. The van der Waals surface area contributed by atoms with E-state index < -0.39 is 0 Å². The topological polar surface area (TPSA) is 0 Å². The summed E-state index contributed by atoms with van der Waals surface area (Å²) >= 11 is 0. The van der Waals surface area contributed by atoms with Crippen molar-refractivity contribution in [3.8, 4) is 44.5 Å². The molecule has 0 bridgehead atoms. The van der Waals surface area contributed by atoms with Crippen molar-refractivity contribution in [3.05, 3.63) is 131 Å². The standard InChI is InChI=1S/C34H26/c1-3-7-31-25(5-1)13-15-29-21-27(17-19-33(29)31)23-9-11-24(12-10-23)28-18-20-34-30(22-28)16-14-26-6-2-4-8-32(26)34/h1-12,17-22H,13-16H2. The van der Waals surface area contributed by atoms with Crippen LogP contribution in [0.2, 0.25) is 0 Å². The highest BCUT2D eigenvalue weighted by Gasteiger charge is 2.17. The Kier molecular flexibility index (Phi) is 4.52. The van der Waals surface area contributed by atoms with Gasteiger partial charge < -0.3 is 0 Å². The van der Waals surface area contributed by atoms with Gasteiger partial charge in [-0.3, -0.25) is 0 Å². The molecule has 0 saturated carbocycles. The lowest BCUT2D eigenvalue weighted by Gasteiger charge is -2.21. The van der Waals surface area contributed by atoms with Gasteiger partial charge in [0.05, 0.1) is 0 Å². The molecule has 0 fully saturated rings. The van der Waals surface area contributed by atoms with Crippen LogP contribution in [-0.2, 0) is 25.7 Å². The van der Waals surface area contributed by atoms with Crippen molar-refractivity contribution in [2.24, 2.45) is 0 Å². The monoisotopic (exact) mass is 434 g/mol. The summed E-state index contributed by atoms with van der Waals surface area (Å²) in [6.07, 6.45) is 4.51. The Labute approximate surface area is 201 Å². The van der Waals surface area contributed by atoms with E-state index in [4.69, 9.17) is 0 Å². The fourth-order valence-corrected chi connectivity index (χ4v) is 5.88. The second-order valence-corrected chi connectivity index (χ2v) is 9.64. The summed E-state index contributed by atoms with van der Waals surface area (Å²) < 4.78 is 0. The number of hydrogen-bond donors (Lipinski definition) is 0. The van der Waals surface area contributed by atoms with E-state index >= 15 is 0 Å². The molecule has 5 aromatic carbocycles. The highest BCUT2D eigenvalue weighted by Crippen LogP contribution is 2.38. The lowest BCUT2D eigenvalue weighted by atomic mass is 9.83. The van der Waals surface area contributed by atoms with E-state index in [1.54, 1.807) is 0 Å². The average molecular weight is 435 g/mol. The second kappa shape index (κ2) is 7.85. The molecule has 2 aliphatic carbocycles. The minimum Gasteiger partial charge on any atom is -0.0620 e. The van der Waals surface area contributed by atoms with E-state index in [-0.39, 0.29) is 0 Å². The summed E-state index contributed by atoms with van der Waals surface area (Å²) in [4.78, 5) is 0. The molecule has 162 valence electrons. The number of fused-ring (bicyclic) bond motifs is 6. The van der Waals surface area contributed by atoms with Gasteiger partial charge in [0.2, 0.25) is 0 Å². The maximum absolute atomic E-state index is 2.40. The first-order chi connectivity index (χ1) is 16.8. The summed E-state index contributed by atoms with van der Waals surface area (Å²) in [6.45, 7) is 0. The molecule has 0 radical (unpaired) electrons. The quantitative estimate of drug-likeness (QED) is 0.261. The van der Waals surface area contributed by atoms with Crippen molar-refractivity contribution in [3.63, 3.8) is 0 Å². The van der Waals surface area contributed by atoms with Crippen LogP contribution in [0.3, 0.4) is 0 Å². The van der Waals surface area contributed by atoms with Gasteiger partial charge in [-0.2, -0.15) is 0 Å². The third kappa shape index (κ3) is 3.22. The van der Waals surface area contributed by atoms with E-state index in [1.807, 2.05) is 0 Å². The lowest BCUT2D eigenvalue weighted by Crippen LogP contribution is -2.04. The van der Waals surface area contributed by atoms with Crippen molar-refractivity contribution >= 4 is 0 Å². The molecule has 0 heterocycles. The normalized spacial score (nSPS) is 13.4. The SMILES string of the molecule is c1ccc2c(c1)CCc1cc(-c3ccc(-c4ccc5c(c4)CCc4ccccc4-5)cc3)ccc1-2. The molecule has 0 saturated heterocycles. The van der Waals surface area contributed by atoms with Crippen LogP contribution >= 0.6 is 0 Å². The molecule has 0 nitrogen and oxygen atoms in total. The summed E-state index contributed by atoms with van der Waals surface area (Å²) in [5.74, 6) is 0. The van der Waals surface area contributed by atoms with Crippen LogP contribution in [0.1, 0.15) is 22.3 Å². The molecule has 0 aliphatic heterocycles. The van der Waals surface area contributed by atoms with Gasteiger partial charge >= 0.3 is 0 Å². The Morgan fingerprint density at radius 1 is 0.294 bits per heavy atom. The van der Waals surface area contributed by atoms with Crippen LogP contribution < -0.4 is 0 Å². The van der Waals surface area contributed by atoms with Gasteiger partial charge in [-0.05, 0) is 92.4 Å². The van der Waals surface area contributed by atoms with Gasteiger partial charge in [0.1, 0.15) is 0 Å². The molecule has 0 atom stereocenters. The van der Waals surface area contributed by atoms with E-state index in [9.17, 15) is 0 Å². The van der Waals surface area contributed by atoms with Crippen LogP contribution in [0.5, 0.6) is 0 Å². The Balaban J connectivity index is 1.19. The molecule has 0 spiro atoms. The van der Waals surface area contributed by atoms with Crippen LogP contribution in [0.25, 0.3) is 44.5 Å². The van der Waals surface area contributed by atoms with E-state index in [2.05, 4.69) is 109 Å². The largest absolute Gasteiger partial charge is 0.0620 e. The molecular formula is C34H26. The molecule has 0 aromatic heterocycles. The smallest absolute Gasteiger partial charge is 0.0149 e. The zero-order valence-electron chi connectivity index (χ0n) is 19.2. The first-order valence-electron chi connectivity index (χ1n) is 12.4. The maximum Gasteiger partial charge on any atom is -0.0149 e. The van der Waals surface area contributed by atoms with Crippen LogP contribution in [0.15, 0.2) is 109 Å². The maximum atomic E-state index is 2.40. The van der Waals surface area contributed by atoms with Crippen LogP contribution in [-0.4, -0.2) is 0 Å². The van der Waals surface area contributed by atoms with E-state index in [0.29, 0.717) is 0 Å². The van der Waals surface area contributed by atoms with Crippen molar-refractivity contribution in [2.75, 3.05) is 0 Å². The predicted molar refractivity (Wildman–Crippen MR) is 143 cm³/mol. The van der Waals surface area contributed by atoms with Crippen molar-refractivity contribution in [1.29, 1.82) is 0 Å². The molecule has 0 N–H and O–H groups in total. The third-order valence-electron chi connectivity index (χ3n) is 7.70. The van der Waals surface area contributed by atoms with Crippen molar-refractivity contribution in [2.45, 2.75) is 25.7 Å². The first-order valence-corrected chi connectivity index (χ1v) is 12.4. The van der Waals surface area contributed by atoms with Crippen LogP contribution in [0.4, 0.5) is 0 Å². The van der Waals surface area contributed by atoms with Crippen molar-refractivity contribution < 1.29 is 0 Å². The van der Waals surface area contributed by atoms with Crippen LogP contribution in [0, 0.1) is 0 Å². The van der Waals surface area contributed by atoms with Gasteiger partial charge in [0, 0.05) is 0 Å². The van der Waals surface area contributed by atoms with Gasteiger partial charge in [0.25, 0.3) is 0 Å². The molecule has 0 unspecified atom stereocenters. The Morgan fingerprint density at radius 2 is 0.647 bits per heavy atom. The average Bonchev–Trinajstić information content (AvgIpc) is 2.92. The van der Waals surface area contributed by atoms with Crippen molar-refractivity contribution in [1.82, 2.24) is 0 Å². The molecule has 2 aliphatic rings. The molecule has 0 heteroatoms.